The lowest BCUT2D eigenvalue weighted by molar-refractivity contribution is 0.322. The molecule has 6 heteroatoms. The van der Waals surface area contributed by atoms with Crippen molar-refractivity contribution in [3.8, 4) is 5.75 Å². The number of hydrogen-bond donors (Lipinski definition) is 2. The Morgan fingerprint density at radius 3 is 2.81 bits per heavy atom. The minimum atomic E-state index is -3.19. The van der Waals surface area contributed by atoms with Crippen LogP contribution in [0.3, 0.4) is 0 Å². The molecule has 5 nitrogen and oxygen atoms in total. The van der Waals surface area contributed by atoms with E-state index in [1.807, 2.05) is 31.2 Å². The summed E-state index contributed by atoms with van der Waals surface area (Å²) in [5.74, 6) is 0.930. The van der Waals surface area contributed by atoms with Crippen molar-refractivity contribution in [1.82, 2.24) is 10.0 Å². The van der Waals surface area contributed by atoms with Gasteiger partial charge in [-0.25, -0.2) is 13.1 Å². The van der Waals surface area contributed by atoms with Crippen LogP contribution in [-0.4, -0.2) is 39.9 Å². The largest absolute Gasteiger partial charge is 0.492 e. The molecule has 2 N–H and O–H groups in total. The predicted molar refractivity (Wildman–Crippen MR) is 84.1 cm³/mol. The van der Waals surface area contributed by atoms with Crippen LogP contribution in [0.15, 0.2) is 24.3 Å². The molecule has 1 saturated carbocycles. The third kappa shape index (κ3) is 6.93. The number of hydrogen-bond acceptors (Lipinski definition) is 4. The fourth-order valence-corrected chi connectivity index (χ4v) is 3.06. The van der Waals surface area contributed by atoms with Crippen molar-refractivity contribution in [2.24, 2.45) is 0 Å². The topological polar surface area (TPSA) is 67.4 Å². The Labute approximate surface area is 127 Å². The van der Waals surface area contributed by atoms with E-state index in [2.05, 4.69) is 10.0 Å². The maximum Gasteiger partial charge on any atom is 0.211 e. The molecule has 0 aromatic heterocycles. The maximum absolute atomic E-state index is 11.8. The molecule has 1 fully saturated rings. The summed E-state index contributed by atoms with van der Waals surface area (Å²) < 4.78 is 31.6. The van der Waals surface area contributed by atoms with Crippen molar-refractivity contribution in [3.05, 3.63) is 29.8 Å². The van der Waals surface area contributed by atoms with E-state index in [9.17, 15) is 8.42 Å². The molecule has 1 aliphatic rings. The van der Waals surface area contributed by atoms with Crippen LogP contribution in [0, 0.1) is 6.92 Å². The molecule has 0 bridgehead atoms. The van der Waals surface area contributed by atoms with Crippen molar-refractivity contribution in [1.29, 1.82) is 0 Å². The van der Waals surface area contributed by atoms with Crippen molar-refractivity contribution in [2.75, 3.05) is 25.4 Å². The Kier molecular flexibility index (Phi) is 6.02. The van der Waals surface area contributed by atoms with E-state index >= 15 is 0 Å². The van der Waals surface area contributed by atoms with E-state index < -0.39 is 10.0 Å². The van der Waals surface area contributed by atoms with Gasteiger partial charge in [-0.05, 0) is 50.4 Å². The van der Waals surface area contributed by atoms with Gasteiger partial charge >= 0.3 is 0 Å². The molecular formula is C15H24N2O3S. The maximum atomic E-state index is 11.8. The van der Waals surface area contributed by atoms with E-state index in [1.165, 1.54) is 12.8 Å². The Bertz CT molecular complexity index is 542. The quantitative estimate of drug-likeness (QED) is 0.642. The average molecular weight is 312 g/mol. The highest BCUT2D eigenvalue weighted by molar-refractivity contribution is 7.89. The lowest BCUT2D eigenvalue weighted by atomic mass is 10.2. The van der Waals surface area contributed by atoms with Gasteiger partial charge in [0, 0.05) is 12.6 Å². The lowest BCUT2D eigenvalue weighted by Crippen LogP contribution is -2.31. The van der Waals surface area contributed by atoms with E-state index in [0.717, 1.165) is 17.9 Å². The van der Waals surface area contributed by atoms with Crippen LogP contribution in [0.5, 0.6) is 5.75 Å². The number of rotatable bonds is 10. The summed E-state index contributed by atoms with van der Waals surface area (Å²) in [5.41, 5.74) is 1.12. The van der Waals surface area contributed by atoms with Crippen LogP contribution in [0.1, 0.15) is 24.8 Å². The first kappa shape index (κ1) is 16.3. The minimum Gasteiger partial charge on any atom is -0.492 e. The molecule has 0 amide bonds. The summed E-state index contributed by atoms with van der Waals surface area (Å²) >= 11 is 0. The van der Waals surface area contributed by atoms with Gasteiger partial charge in [-0.3, -0.25) is 0 Å². The summed E-state index contributed by atoms with van der Waals surface area (Å²) in [5, 5.41) is 3.31. The molecule has 0 spiro atoms. The van der Waals surface area contributed by atoms with Crippen molar-refractivity contribution >= 4 is 10.0 Å². The molecule has 118 valence electrons. The van der Waals surface area contributed by atoms with Gasteiger partial charge in [0.05, 0.1) is 5.75 Å². The minimum absolute atomic E-state index is 0.164. The molecular weight excluding hydrogens is 288 g/mol. The first-order valence-corrected chi connectivity index (χ1v) is 9.10. The molecule has 1 aromatic rings. The smallest absolute Gasteiger partial charge is 0.211 e. The van der Waals surface area contributed by atoms with Gasteiger partial charge in [-0.15, -0.1) is 0 Å². The van der Waals surface area contributed by atoms with E-state index in [-0.39, 0.29) is 5.75 Å². The zero-order chi connectivity index (χ0) is 15.1. The van der Waals surface area contributed by atoms with Gasteiger partial charge in [0.2, 0.25) is 10.0 Å². The van der Waals surface area contributed by atoms with E-state index in [1.54, 1.807) is 0 Å². The third-order valence-corrected chi connectivity index (χ3v) is 4.75. The molecule has 0 radical (unpaired) electrons. The SMILES string of the molecule is Cc1cccc(OCCNS(=O)(=O)CCCNC2CC2)c1. The lowest BCUT2D eigenvalue weighted by Gasteiger charge is -2.09. The molecule has 0 unspecified atom stereocenters. The summed E-state index contributed by atoms with van der Waals surface area (Å²) in [7, 11) is -3.19. The monoisotopic (exact) mass is 312 g/mol. The summed E-state index contributed by atoms with van der Waals surface area (Å²) in [6.45, 7) is 3.39. The highest BCUT2D eigenvalue weighted by Crippen LogP contribution is 2.18. The first-order valence-electron chi connectivity index (χ1n) is 7.45. The molecule has 1 aromatic carbocycles. The van der Waals surface area contributed by atoms with Crippen LogP contribution >= 0.6 is 0 Å². The van der Waals surface area contributed by atoms with Crippen molar-refractivity contribution < 1.29 is 13.2 Å². The van der Waals surface area contributed by atoms with Crippen molar-refractivity contribution in [3.63, 3.8) is 0 Å². The summed E-state index contributed by atoms with van der Waals surface area (Å²) in [6, 6.07) is 8.33. The second kappa shape index (κ2) is 7.77. The Hall–Kier alpha value is -1.11. The predicted octanol–water partition coefficient (Wildman–Crippen LogP) is 1.44. The van der Waals surface area contributed by atoms with Crippen LogP contribution in [0.25, 0.3) is 0 Å². The molecule has 2 rings (SSSR count). The van der Waals surface area contributed by atoms with Crippen LogP contribution in [-0.2, 0) is 10.0 Å². The number of ether oxygens (including phenoxy) is 1. The van der Waals surface area contributed by atoms with Gasteiger partial charge < -0.3 is 10.1 Å². The van der Waals surface area contributed by atoms with E-state index in [0.29, 0.717) is 25.6 Å². The Morgan fingerprint density at radius 2 is 2.10 bits per heavy atom. The van der Waals surface area contributed by atoms with Gasteiger partial charge in [-0.2, -0.15) is 0 Å². The Morgan fingerprint density at radius 1 is 1.29 bits per heavy atom. The highest BCUT2D eigenvalue weighted by Gasteiger charge is 2.20. The van der Waals surface area contributed by atoms with Crippen LogP contribution < -0.4 is 14.8 Å². The van der Waals surface area contributed by atoms with Gasteiger partial charge in [-0.1, -0.05) is 12.1 Å². The van der Waals surface area contributed by atoms with Crippen LogP contribution in [0.2, 0.25) is 0 Å². The standard InChI is InChI=1S/C15H24N2O3S/c1-13-4-2-5-15(12-13)20-10-9-17-21(18,19)11-3-8-16-14-6-7-14/h2,4-5,12,14,16-17H,3,6-11H2,1H3. The molecule has 0 heterocycles. The number of sulfonamides is 1. The fourth-order valence-electron chi connectivity index (χ4n) is 2.00. The second-order valence-corrected chi connectivity index (χ2v) is 7.39. The molecule has 21 heavy (non-hydrogen) atoms. The fraction of sp³-hybridized carbons (Fsp3) is 0.600. The van der Waals surface area contributed by atoms with Crippen molar-refractivity contribution in [2.45, 2.75) is 32.2 Å². The van der Waals surface area contributed by atoms with Gasteiger partial charge in [0.1, 0.15) is 12.4 Å². The third-order valence-electron chi connectivity index (χ3n) is 3.28. The Balaban J connectivity index is 1.57. The molecule has 0 atom stereocenters. The number of benzene rings is 1. The molecule has 0 aliphatic heterocycles. The number of nitrogens with one attached hydrogen (secondary N) is 2. The average Bonchev–Trinajstić information content (AvgIpc) is 3.24. The number of aryl methyl sites for hydroxylation is 1. The molecule has 1 aliphatic carbocycles. The molecule has 0 saturated heterocycles. The van der Waals surface area contributed by atoms with Gasteiger partial charge in [0.25, 0.3) is 0 Å². The zero-order valence-electron chi connectivity index (χ0n) is 12.5. The normalized spacial score (nSPS) is 15.1. The summed E-state index contributed by atoms with van der Waals surface area (Å²) in [4.78, 5) is 0. The van der Waals surface area contributed by atoms with Gasteiger partial charge in [0.15, 0.2) is 0 Å². The summed E-state index contributed by atoms with van der Waals surface area (Å²) in [6.07, 6.45) is 3.09. The first-order chi connectivity index (χ1) is 10.1. The highest BCUT2D eigenvalue weighted by atomic mass is 32.2. The second-order valence-electron chi connectivity index (χ2n) is 5.46. The van der Waals surface area contributed by atoms with E-state index in [4.69, 9.17) is 4.74 Å². The van der Waals surface area contributed by atoms with Crippen LogP contribution in [0.4, 0.5) is 0 Å². The zero-order valence-corrected chi connectivity index (χ0v) is 13.3.